The van der Waals surface area contributed by atoms with Gasteiger partial charge in [0.2, 0.25) is 11.6 Å². The van der Waals surface area contributed by atoms with Gasteiger partial charge >= 0.3 is 0 Å². The lowest BCUT2D eigenvalue weighted by Crippen LogP contribution is -2.04. The maximum Gasteiger partial charge on any atom is 0.219 e. The highest BCUT2D eigenvalue weighted by Crippen LogP contribution is 2.20. The summed E-state index contributed by atoms with van der Waals surface area (Å²) in [5.41, 5.74) is 7.40. The first kappa shape index (κ1) is 14.1. The molecule has 0 bridgehead atoms. The van der Waals surface area contributed by atoms with Crippen molar-refractivity contribution < 1.29 is 4.52 Å². The molecule has 3 heterocycles. The van der Waals surface area contributed by atoms with E-state index in [0.29, 0.717) is 35.5 Å². The quantitative estimate of drug-likeness (QED) is 0.613. The molecule has 3 aromatic heterocycles. The molecular formula is C16H13N7O. The minimum Gasteiger partial charge on any atom is -0.384 e. The van der Waals surface area contributed by atoms with E-state index in [9.17, 15) is 0 Å². The normalized spacial score (nSPS) is 10.8. The smallest absolute Gasteiger partial charge is 0.219 e. The van der Waals surface area contributed by atoms with E-state index in [2.05, 4.69) is 25.2 Å². The summed E-state index contributed by atoms with van der Waals surface area (Å²) in [4.78, 5) is 12.9. The molecule has 0 fully saturated rings. The van der Waals surface area contributed by atoms with Gasteiger partial charge in [0, 0.05) is 12.3 Å². The molecule has 0 radical (unpaired) electrons. The molecule has 8 heteroatoms. The fourth-order valence-electron chi connectivity index (χ4n) is 2.30. The maximum atomic E-state index is 5.72. The Kier molecular flexibility index (Phi) is 3.47. The molecule has 0 aliphatic carbocycles. The van der Waals surface area contributed by atoms with E-state index in [1.165, 1.54) is 6.26 Å². The second kappa shape index (κ2) is 5.92. The Labute approximate surface area is 137 Å². The highest BCUT2D eigenvalue weighted by Gasteiger charge is 2.17. The molecular weight excluding hydrogens is 306 g/mol. The first-order valence-corrected chi connectivity index (χ1v) is 7.28. The summed E-state index contributed by atoms with van der Waals surface area (Å²) in [6.07, 6.45) is 3.07. The lowest BCUT2D eigenvalue weighted by Gasteiger charge is -2.03. The largest absolute Gasteiger partial charge is 0.384 e. The first-order valence-electron chi connectivity index (χ1n) is 7.28. The summed E-state index contributed by atoms with van der Waals surface area (Å²) in [5.74, 6) is 1.69. The van der Waals surface area contributed by atoms with Crippen molar-refractivity contribution in [1.82, 2.24) is 29.9 Å². The van der Waals surface area contributed by atoms with Crippen LogP contribution in [0.15, 0.2) is 59.4 Å². The first-order chi connectivity index (χ1) is 11.8. The third-order valence-corrected chi connectivity index (χ3v) is 3.39. The Balaban J connectivity index is 1.79. The van der Waals surface area contributed by atoms with Gasteiger partial charge in [0.05, 0.1) is 6.54 Å². The van der Waals surface area contributed by atoms with Crippen LogP contribution in [-0.2, 0) is 6.54 Å². The molecule has 0 atom stereocenters. The van der Waals surface area contributed by atoms with E-state index in [1.54, 1.807) is 23.0 Å². The Morgan fingerprint density at radius 1 is 1.00 bits per heavy atom. The van der Waals surface area contributed by atoms with Crippen LogP contribution in [0.25, 0.3) is 23.2 Å². The van der Waals surface area contributed by atoms with E-state index in [4.69, 9.17) is 10.3 Å². The van der Waals surface area contributed by atoms with E-state index in [-0.39, 0.29) is 0 Å². The van der Waals surface area contributed by atoms with Gasteiger partial charge in [-0.25, -0.2) is 19.6 Å². The molecule has 1 aromatic carbocycles. The van der Waals surface area contributed by atoms with Crippen molar-refractivity contribution in [2.24, 2.45) is 0 Å². The summed E-state index contributed by atoms with van der Waals surface area (Å²) >= 11 is 0. The third kappa shape index (κ3) is 2.72. The van der Waals surface area contributed by atoms with E-state index in [1.807, 2.05) is 30.3 Å². The summed E-state index contributed by atoms with van der Waals surface area (Å²) in [6.45, 7) is 0.540. The Morgan fingerprint density at radius 2 is 1.88 bits per heavy atom. The van der Waals surface area contributed by atoms with Crippen LogP contribution in [0.3, 0.4) is 0 Å². The highest BCUT2D eigenvalue weighted by molar-refractivity contribution is 5.54. The van der Waals surface area contributed by atoms with Crippen molar-refractivity contribution in [2.45, 2.75) is 6.54 Å². The summed E-state index contributed by atoms with van der Waals surface area (Å²) in [7, 11) is 0. The number of hydrogen-bond acceptors (Lipinski definition) is 7. The molecule has 0 spiro atoms. The zero-order chi connectivity index (χ0) is 16.4. The number of benzene rings is 1. The highest BCUT2D eigenvalue weighted by atomic mass is 16.5. The van der Waals surface area contributed by atoms with Crippen LogP contribution >= 0.6 is 0 Å². The molecule has 0 unspecified atom stereocenters. The van der Waals surface area contributed by atoms with Gasteiger partial charge in [-0.2, -0.15) is 0 Å². The van der Waals surface area contributed by atoms with Gasteiger partial charge < -0.3 is 10.3 Å². The van der Waals surface area contributed by atoms with Crippen molar-refractivity contribution >= 4 is 5.82 Å². The van der Waals surface area contributed by atoms with Crippen LogP contribution in [0.2, 0.25) is 0 Å². The molecule has 0 amide bonds. The maximum absolute atomic E-state index is 5.72. The monoisotopic (exact) mass is 319 g/mol. The van der Waals surface area contributed by atoms with Gasteiger partial charge in [-0.05, 0) is 11.6 Å². The Bertz CT molecular complexity index is 948. The third-order valence-electron chi connectivity index (χ3n) is 3.39. The predicted octanol–water partition coefficient (Wildman–Crippen LogP) is 2.02. The van der Waals surface area contributed by atoms with Gasteiger partial charge in [0.1, 0.15) is 12.1 Å². The second-order valence-electron chi connectivity index (χ2n) is 5.09. The SMILES string of the molecule is Nc1ccnc(-c2nc(-c3ccon3)n(Cc3ccccc3)n2)n1. The number of rotatable bonds is 4. The second-order valence-corrected chi connectivity index (χ2v) is 5.09. The molecule has 0 saturated carbocycles. The van der Waals surface area contributed by atoms with Crippen molar-refractivity contribution in [3.63, 3.8) is 0 Å². The van der Waals surface area contributed by atoms with Crippen molar-refractivity contribution in [2.75, 3.05) is 5.73 Å². The zero-order valence-corrected chi connectivity index (χ0v) is 12.6. The van der Waals surface area contributed by atoms with Crippen molar-refractivity contribution in [3.05, 3.63) is 60.5 Å². The van der Waals surface area contributed by atoms with Crippen molar-refractivity contribution in [3.8, 4) is 23.2 Å². The number of nitrogens with zero attached hydrogens (tertiary/aromatic N) is 6. The minimum atomic E-state index is 0.363. The summed E-state index contributed by atoms with van der Waals surface area (Å²) in [5, 5.41) is 8.47. The molecule has 24 heavy (non-hydrogen) atoms. The average molecular weight is 319 g/mol. The van der Waals surface area contributed by atoms with Crippen LogP contribution in [0.1, 0.15) is 5.56 Å². The van der Waals surface area contributed by atoms with Crippen LogP contribution in [0.5, 0.6) is 0 Å². The lowest BCUT2D eigenvalue weighted by atomic mass is 10.2. The Hall–Kier alpha value is -3.55. The number of aromatic nitrogens is 6. The number of nitrogens with two attached hydrogens (primary N) is 1. The van der Waals surface area contributed by atoms with E-state index < -0.39 is 0 Å². The average Bonchev–Trinajstić information content (AvgIpc) is 3.25. The number of nitrogen functional groups attached to an aromatic ring is 1. The van der Waals surface area contributed by atoms with Crippen molar-refractivity contribution in [1.29, 1.82) is 0 Å². The lowest BCUT2D eigenvalue weighted by molar-refractivity contribution is 0.421. The van der Waals surface area contributed by atoms with Gasteiger partial charge in [-0.1, -0.05) is 35.5 Å². The minimum absolute atomic E-state index is 0.363. The van der Waals surface area contributed by atoms with Crippen LogP contribution < -0.4 is 5.73 Å². The fourth-order valence-corrected chi connectivity index (χ4v) is 2.30. The fraction of sp³-hybridized carbons (Fsp3) is 0.0625. The molecule has 4 rings (SSSR count). The standard InChI is InChI=1S/C16H13N7O/c17-13-6-8-18-14(19-13)15-20-16(12-7-9-24-22-12)23(21-15)10-11-4-2-1-3-5-11/h1-9H,10H2,(H2,17,18,19). The molecule has 8 nitrogen and oxygen atoms in total. The molecule has 0 aliphatic rings. The van der Waals surface area contributed by atoms with E-state index >= 15 is 0 Å². The predicted molar refractivity (Wildman–Crippen MR) is 86.5 cm³/mol. The molecule has 4 aromatic rings. The van der Waals surface area contributed by atoms with Gasteiger partial charge in [-0.3, -0.25) is 0 Å². The van der Waals surface area contributed by atoms with Gasteiger partial charge in [0.25, 0.3) is 0 Å². The number of hydrogen-bond donors (Lipinski definition) is 1. The molecule has 0 aliphatic heterocycles. The number of anilines is 1. The summed E-state index contributed by atoms with van der Waals surface area (Å²) < 4.78 is 6.67. The zero-order valence-electron chi connectivity index (χ0n) is 12.6. The van der Waals surface area contributed by atoms with E-state index in [0.717, 1.165) is 5.56 Å². The van der Waals surface area contributed by atoms with Gasteiger partial charge in [0.15, 0.2) is 11.5 Å². The topological polar surface area (TPSA) is 109 Å². The van der Waals surface area contributed by atoms with Crippen LogP contribution in [0.4, 0.5) is 5.82 Å². The van der Waals surface area contributed by atoms with Crippen LogP contribution in [-0.4, -0.2) is 29.9 Å². The van der Waals surface area contributed by atoms with Gasteiger partial charge in [-0.15, -0.1) is 5.10 Å². The Morgan fingerprint density at radius 3 is 2.62 bits per heavy atom. The molecule has 0 saturated heterocycles. The summed E-state index contributed by atoms with van der Waals surface area (Å²) in [6, 6.07) is 13.3. The van der Waals surface area contributed by atoms with Crippen LogP contribution in [0, 0.1) is 0 Å². The molecule has 118 valence electrons. The molecule has 2 N–H and O–H groups in total.